The lowest BCUT2D eigenvalue weighted by molar-refractivity contribution is -0.178. The third-order valence-electron chi connectivity index (χ3n) is 9.57. The highest BCUT2D eigenvalue weighted by Crippen LogP contribution is 2.61. The number of carbonyl (C=O) groups excluding carboxylic acids is 3. The maximum absolute atomic E-state index is 13.4. The van der Waals surface area contributed by atoms with Crippen LogP contribution in [0.2, 0.25) is 0 Å². The van der Waals surface area contributed by atoms with E-state index in [-0.39, 0.29) is 41.3 Å². The normalized spacial score (nSPS) is 43.2. The lowest BCUT2D eigenvalue weighted by Crippen LogP contribution is -2.57. The maximum Gasteiger partial charge on any atom is 0.335 e. The molecule has 9 nitrogen and oxygen atoms in total. The van der Waals surface area contributed by atoms with Gasteiger partial charge in [-0.05, 0) is 32.3 Å². The Morgan fingerprint density at radius 1 is 1.27 bits per heavy atom. The number of hydrogen-bond donors (Lipinski definition) is 1. The molecule has 1 spiro atoms. The number of alkyl halides is 1. The van der Waals surface area contributed by atoms with Gasteiger partial charge in [0.05, 0.1) is 6.10 Å². The molecule has 0 amide bonds. The summed E-state index contributed by atoms with van der Waals surface area (Å²) in [4.78, 5) is 38.4. The summed E-state index contributed by atoms with van der Waals surface area (Å²) in [5.41, 5.74) is 0.498. The first-order valence-corrected chi connectivity index (χ1v) is 15.4. The maximum atomic E-state index is 13.4. The Bertz CT molecular complexity index is 1190. The Balaban J connectivity index is 1.54. The molecule has 5 rings (SSSR count). The van der Waals surface area contributed by atoms with Crippen molar-refractivity contribution < 1.29 is 43.2 Å². The summed E-state index contributed by atoms with van der Waals surface area (Å²) in [6, 6.07) is 0. The zero-order chi connectivity index (χ0) is 29.6. The molecule has 0 aromatic rings. The third-order valence-corrected chi connectivity index (χ3v) is 10.0. The molecule has 2 aliphatic heterocycles. The lowest BCUT2D eigenvalue weighted by atomic mass is 9.57. The monoisotopic (exact) mass is 634 g/mol. The second-order valence-electron chi connectivity index (χ2n) is 11.9. The second kappa shape index (κ2) is 11.8. The van der Waals surface area contributed by atoms with E-state index in [2.05, 4.69) is 15.9 Å². The summed E-state index contributed by atoms with van der Waals surface area (Å²) in [6.45, 7) is 7.48. The van der Waals surface area contributed by atoms with Crippen molar-refractivity contribution in [2.45, 2.75) is 82.8 Å². The van der Waals surface area contributed by atoms with Gasteiger partial charge in [-0.1, -0.05) is 66.2 Å². The predicted molar refractivity (Wildman–Crippen MR) is 152 cm³/mol. The SMILES string of the molecule is CO[C@H]1C[C@H]2C=C[C@H]3[C@H]4O[C@]2(/C(C)=C/[C@@H](C)[C@@H]([C@@H](C)OC(=O)CBr)OC1=O)[C@@H]3[C@H](O)[C@@H](C)[C@H]4OC(=O)C1=CC=CC1. The summed E-state index contributed by atoms with van der Waals surface area (Å²) < 4.78 is 30.1. The molecule has 0 radical (unpaired) electrons. The molecule has 10 heteroatoms. The van der Waals surface area contributed by atoms with Crippen molar-refractivity contribution in [2.24, 2.45) is 29.6 Å². The molecule has 4 bridgehead atoms. The number of aliphatic hydroxyl groups is 1. The molecule has 12 atom stereocenters. The fourth-order valence-corrected chi connectivity index (χ4v) is 7.72. The minimum Gasteiger partial charge on any atom is -0.458 e. The average molecular weight is 636 g/mol. The van der Waals surface area contributed by atoms with Crippen LogP contribution in [0, 0.1) is 29.6 Å². The van der Waals surface area contributed by atoms with Gasteiger partial charge in [-0.3, -0.25) is 4.79 Å². The molecule has 1 N–H and O–H groups in total. The number of ether oxygens (including phenoxy) is 5. The minimum absolute atomic E-state index is 0.0208. The highest BCUT2D eigenvalue weighted by molar-refractivity contribution is 9.09. The van der Waals surface area contributed by atoms with Crippen LogP contribution < -0.4 is 0 Å². The van der Waals surface area contributed by atoms with Gasteiger partial charge in [0, 0.05) is 42.3 Å². The van der Waals surface area contributed by atoms with E-state index >= 15 is 0 Å². The van der Waals surface area contributed by atoms with Crippen LogP contribution >= 0.6 is 15.9 Å². The summed E-state index contributed by atoms with van der Waals surface area (Å²) in [6.07, 6.45) is 8.01. The van der Waals surface area contributed by atoms with Crippen LogP contribution in [0.15, 0.2) is 47.6 Å². The number of halogens is 1. The molecule has 1 saturated heterocycles. The third kappa shape index (κ3) is 5.15. The first kappa shape index (κ1) is 30.2. The van der Waals surface area contributed by atoms with Crippen LogP contribution in [0.3, 0.4) is 0 Å². The smallest absolute Gasteiger partial charge is 0.335 e. The summed E-state index contributed by atoms with van der Waals surface area (Å²) in [5, 5.41) is 11.8. The molecular weight excluding hydrogens is 596 g/mol. The number of cyclic esters (lactones) is 1. The molecule has 0 unspecified atom stereocenters. The van der Waals surface area contributed by atoms with Crippen molar-refractivity contribution in [1.29, 1.82) is 0 Å². The van der Waals surface area contributed by atoms with Crippen molar-refractivity contribution in [3.8, 4) is 0 Å². The largest absolute Gasteiger partial charge is 0.458 e. The van der Waals surface area contributed by atoms with Crippen LogP contribution in [0.5, 0.6) is 0 Å². The van der Waals surface area contributed by atoms with E-state index in [1.54, 1.807) is 13.0 Å². The molecule has 2 heterocycles. The Kier molecular flexibility index (Phi) is 8.68. The Hall–Kier alpha value is -2.27. The zero-order valence-corrected chi connectivity index (χ0v) is 25.6. The van der Waals surface area contributed by atoms with E-state index in [1.807, 2.05) is 51.2 Å². The van der Waals surface area contributed by atoms with Gasteiger partial charge in [0.25, 0.3) is 0 Å². The van der Waals surface area contributed by atoms with E-state index in [4.69, 9.17) is 23.7 Å². The van der Waals surface area contributed by atoms with Gasteiger partial charge in [-0.25, -0.2) is 9.59 Å². The Morgan fingerprint density at radius 3 is 2.68 bits per heavy atom. The van der Waals surface area contributed by atoms with Gasteiger partial charge in [0.1, 0.15) is 35.3 Å². The van der Waals surface area contributed by atoms with Gasteiger partial charge in [0.2, 0.25) is 0 Å². The predicted octanol–water partition coefficient (Wildman–Crippen LogP) is 3.59. The summed E-state index contributed by atoms with van der Waals surface area (Å²) in [7, 11) is 1.46. The van der Waals surface area contributed by atoms with E-state index in [1.165, 1.54) is 7.11 Å². The first-order chi connectivity index (χ1) is 19.5. The van der Waals surface area contributed by atoms with Crippen molar-refractivity contribution in [2.75, 3.05) is 12.4 Å². The summed E-state index contributed by atoms with van der Waals surface area (Å²) in [5.74, 6) is -2.96. The van der Waals surface area contributed by atoms with Crippen LogP contribution in [0.1, 0.15) is 40.5 Å². The second-order valence-corrected chi connectivity index (χ2v) is 12.5. The Morgan fingerprint density at radius 2 is 2.02 bits per heavy atom. The average Bonchev–Trinajstić information content (AvgIpc) is 3.55. The van der Waals surface area contributed by atoms with Gasteiger partial charge < -0.3 is 28.8 Å². The van der Waals surface area contributed by atoms with Crippen molar-refractivity contribution in [1.82, 2.24) is 0 Å². The van der Waals surface area contributed by atoms with E-state index in [9.17, 15) is 19.5 Å². The van der Waals surface area contributed by atoms with Gasteiger partial charge in [-0.15, -0.1) is 0 Å². The van der Waals surface area contributed by atoms with E-state index in [0.29, 0.717) is 12.0 Å². The molecule has 224 valence electrons. The molecule has 0 aromatic carbocycles. The quantitative estimate of drug-likeness (QED) is 0.202. The molecular formula is C31H39BrO9. The number of carbonyl (C=O) groups is 3. The lowest BCUT2D eigenvalue weighted by Gasteiger charge is -2.49. The highest BCUT2D eigenvalue weighted by Gasteiger charge is 2.69. The van der Waals surface area contributed by atoms with E-state index < -0.39 is 60.1 Å². The molecule has 0 aromatic heterocycles. The van der Waals surface area contributed by atoms with Gasteiger partial charge >= 0.3 is 17.9 Å². The topological polar surface area (TPSA) is 118 Å². The van der Waals surface area contributed by atoms with Crippen LogP contribution in [-0.2, 0) is 38.1 Å². The highest BCUT2D eigenvalue weighted by atomic mass is 79.9. The number of hydrogen-bond acceptors (Lipinski definition) is 9. The van der Waals surface area contributed by atoms with E-state index in [0.717, 1.165) is 5.57 Å². The number of allylic oxidation sites excluding steroid dienone is 3. The zero-order valence-electron chi connectivity index (χ0n) is 24.0. The molecule has 2 fully saturated rings. The van der Waals surface area contributed by atoms with Crippen LogP contribution in [-0.4, -0.2) is 77.7 Å². The Labute approximate surface area is 249 Å². The number of rotatable bonds is 6. The number of esters is 3. The van der Waals surface area contributed by atoms with Crippen LogP contribution in [0.4, 0.5) is 0 Å². The standard InChI is InChI=1S/C31H39BrO9/c1-15-12-16(2)31-20(13-22(37-5)30(36)39-26(15)18(4)38-23(33)14-32)10-11-21-24(31)25(34)17(3)27(28(21)41-31)40-29(35)19-8-6-7-9-19/h6-8,10-12,15,17-18,20-22,24-28,34H,9,13-14H2,1-5H3/b16-12+/t15-,17-,18-,20-,21-,22+,24+,25-,26+,27-,28-,31+/m1/s1. The fraction of sp³-hybridized carbons (Fsp3) is 0.645. The first-order valence-electron chi connectivity index (χ1n) is 14.3. The van der Waals surface area contributed by atoms with Gasteiger partial charge in [0.15, 0.2) is 6.10 Å². The fourth-order valence-electron chi connectivity index (χ4n) is 7.59. The van der Waals surface area contributed by atoms with Gasteiger partial charge in [-0.2, -0.15) is 0 Å². The van der Waals surface area contributed by atoms with Crippen molar-refractivity contribution >= 4 is 33.8 Å². The molecule has 1 saturated carbocycles. The van der Waals surface area contributed by atoms with Crippen molar-refractivity contribution in [3.63, 3.8) is 0 Å². The number of aliphatic hydroxyl groups excluding tert-OH is 1. The molecule has 41 heavy (non-hydrogen) atoms. The summed E-state index contributed by atoms with van der Waals surface area (Å²) >= 11 is 3.11. The minimum atomic E-state index is -0.962. The van der Waals surface area contributed by atoms with Crippen molar-refractivity contribution in [3.05, 3.63) is 47.6 Å². The molecule has 3 aliphatic carbocycles. The number of methoxy groups -OCH3 is 1. The molecule has 5 aliphatic rings. The van der Waals surface area contributed by atoms with Crippen LogP contribution in [0.25, 0.3) is 0 Å².